The summed E-state index contributed by atoms with van der Waals surface area (Å²) in [5.74, 6) is 0.389. The van der Waals surface area contributed by atoms with Crippen molar-refractivity contribution in [1.29, 1.82) is 0 Å². The van der Waals surface area contributed by atoms with Gasteiger partial charge >= 0.3 is 5.88 Å². The number of hydrogen-bond donors (Lipinski definition) is 1. The fourth-order valence-electron chi connectivity index (χ4n) is 1.46. The van der Waals surface area contributed by atoms with Gasteiger partial charge in [-0.05, 0) is 18.2 Å². The van der Waals surface area contributed by atoms with Crippen LogP contribution >= 0.6 is 0 Å². The summed E-state index contributed by atoms with van der Waals surface area (Å²) < 4.78 is 6.39. The molecule has 0 fully saturated rings. The van der Waals surface area contributed by atoms with Gasteiger partial charge in [-0.15, -0.1) is 15.3 Å². The van der Waals surface area contributed by atoms with Crippen LogP contribution in [0.3, 0.4) is 0 Å². The summed E-state index contributed by atoms with van der Waals surface area (Å²) in [6.45, 7) is 0. The Morgan fingerprint density at radius 3 is 3.10 bits per heavy atom. The molecule has 1 N–H and O–H groups in total. The zero-order valence-electron chi connectivity index (χ0n) is 9.87. The molecule has 3 rings (SSSR count). The Morgan fingerprint density at radius 2 is 2.30 bits per heavy atom. The molecule has 10 heteroatoms. The molecule has 0 aromatic carbocycles. The molecule has 3 aromatic rings. The zero-order chi connectivity index (χ0) is 13.9. The van der Waals surface area contributed by atoms with Gasteiger partial charge in [0.1, 0.15) is 11.3 Å². The first-order valence-corrected chi connectivity index (χ1v) is 5.43. The van der Waals surface area contributed by atoms with Gasteiger partial charge < -0.3 is 4.42 Å². The summed E-state index contributed by atoms with van der Waals surface area (Å²) in [5.41, 5.74) is 3.28. The molecular formula is C10H7N7O3. The largest absolute Gasteiger partial charge is 0.433 e. The summed E-state index contributed by atoms with van der Waals surface area (Å²) in [4.78, 5) is 9.82. The third-order valence-electron chi connectivity index (χ3n) is 2.33. The maximum Gasteiger partial charge on any atom is 0.433 e. The van der Waals surface area contributed by atoms with Crippen molar-refractivity contribution in [2.24, 2.45) is 5.10 Å². The second-order valence-corrected chi connectivity index (χ2v) is 3.66. The topological polar surface area (TPSA) is 124 Å². The van der Waals surface area contributed by atoms with Crippen molar-refractivity contribution >= 4 is 23.6 Å². The molecular weight excluding hydrogens is 266 g/mol. The highest BCUT2D eigenvalue weighted by Crippen LogP contribution is 2.13. The van der Waals surface area contributed by atoms with Gasteiger partial charge in [0.05, 0.1) is 12.3 Å². The monoisotopic (exact) mass is 273 g/mol. The summed E-state index contributed by atoms with van der Waals surface area (Å²) in [6.07, 6.45) is 2.77. The van der Waals surface area contributed by atoms with Crippen LogP contribution in [0.4, 0.5) is 11.7 Å². The van der Waals surface area contributed by atoms with Crippen LogP contribution in [0.1, 0.15) is 5.76 Å². The number of fused-ring (bicyclic) bond motifs is 1. The molecule has 100 valence electrons. The van der Waals surface area contributed by atoms with E-state index in [4.69, 9.17) is 4.42 Å². The third-order valence-corrected chi connectivity index (χ3v) is 2.33. The zero-order valence-corrected chi connectivity index (χ0v) is 9.87. The predicted octanol–water partition coefficient (Wildman–Crippen LogP) is 1.07. The third kappa shape index (κ3) is 2.29. The van der Waals surface area contributed by atoms with E-state index in [9.17, 15) is 10.1 Å². The van der Waals surface area contributed by atoms with E-state index >= 15 is 0 Å². The van der Waals surface area contributed by atoms with Crippen LogP contribution < -0.4 is 5.43 Å². The molecule has 0 spiro atoms. The Morgan fingerprint density at radius 1 is 1.40 bits per heavy atom. The highest BCUT2D eigenvalue weighted by Gasteiger charge is 2.10. The first kappa shape index (κ1) is 11.8. The second kappa shape index (κ2) is 4.76. The van der Waals surface area contributed by atoms with Crippen LogP contribution in [0, 0.1) is 10.1 Å². The van der Waals surface area contributed by atoms with Gasteiger partial charge in [0, 0.05) is 0 Å². The average molecular weight is 273 g/mol. The molecule has 3 heterocycles. The van der Waals surface area contributed by atoms with Gasteiger partial charge in [0.15, 0.2) is 17.2 Å². The average Bonchev–Trinajstić information content (AvgIpc) is 3.06. The van der Waals surface area contributed by atoms with Gasteiger partial charge in [0.2, 0.25) is 0 Å². The van der Waals surface area contributed by atoms with Crippen molar-refractivity contribution in [3.63, 3.8) is 0 Å². The number of anilines is 1. The Hall–Kier alpha value is -3.30. The molecule has 0 unspecified atom stereocenters. The number of furan rings is 1. The number of rotatable bonds is 4. The molecule has 0 aliphatic heterocycles. The fourth-order valence-corrected chi connectivity index (χ4v) is 1.46. The van der Waals surface area contributed by atoms with Crippen LogP contribution in [-0.4, -0.2) is 30.9 Å². The second-order valence-electron chi connectivity index (χ2n) is 3.66. The molecule has 0 saturated heterocycles. The summed E-state index contributed by atoms with van der Waals surface area (Å²) in [5, 5.41) is 25.9. The Labute approximate surface area is 110 Å². The quantitative estimate of drug-likeness (QED) is 0.428. The normalized spacial score (nSPS) is 11.2. The fraction of sp³-hybridized carbons (Fsp3) is 0. The van der Waals surface area contributed by atoms with Gasteiger partial charge in [-0.2, -0.15) is 9.62 Å². The molecule has 0 bridgehead atoms. The van der Waals surface area contributed by atoms with Crippen LogP contribution in [0.25, 0.3) is 5.65 Å². The van der Waals surface area contributed by atoms with E-state index in [2.05, 4.69) is 25.8 Å². The van der Waals surface area contributed by atoms with Crippen LogP contribution in [0.2, 0.25) is 0 Å². The minimum Gasteiger partial charge on any atom is -0.400 e. The standard InChI is InChI=1S/C10H7N7O3/c18-17(19)10-4-1-7(20-10)5-11-13-8-2-3-9-14-12-6-16(9)15-8/h1-6H,(H,13,15)/b11-5+. The van der Waals surface area contributed by atoms with Crippen molar-refractivity contribution in [2.45, 2.75) is 0 Å². The van der Waals surface area contributed by atoms with Crippen molar-refractivity contribution in [3.8, 4) is 0 Å². The minimum absolute atomic E-state index is 0.259. The van der Waals surface area contributed by atoms with Gasteiger partial charge in [-0.1, -0.05) is 0 Å². The number of nitro groups is 1. The molecule has 0 aliphatic rings. The van der Waals surface area contributed by atoms with Crippen LogP contribution in [0.15, 0.2) is 40.1 Å². The van der Waals surface area contributed by atoms with Crippen molar-refractivity contribution in [1.82, 2.24) is 19.8 Å². The Bertz CT molecular complexity index is 791. The SMILES string of the molecule is O=[N+]([O-])c1ccc(/C=N/Nc2ccc3nncn3n2)o1. The lowest BCUT2D eigenvalue weighted by molar-refractivity contribution is -0.402. The Kier molecular flexibility index (Phi) is 2.80. The van der Waals surface area contributed by atoms with Gasteiger partial charge in [-0.3, -0.25) is 15.5 Å². The van der Waals surface area contributed by atoms with Gasteiger partial charge in [0.25, 0.3) is 0 Å². The van der Waals surface area contributed by atoms with Crippen molar-refractivity contribution < 1.29 is 9.34 Å². The number of aromatic nitrogens is 4. The van der Waals surface area contributed by atoms with E-state index in [1.807, 2.05) is 0 Å². The molecule has 10 nitrogen and oxygen atoms in total. The molecule has 20 heavy (non-hydrogen) atoms. The molecule has 0 amide bonds. The van der Waals surface area contributed by atoms with Crippen molar-refractivity contribution in [2.75, 3.05) is 5.43 Å². The van der Waals surface area contributed by atoms with E-state index < -0.39 is 4.92 Å². The Balaban J connectivity index is 1.71. The first-order chi connectivity index (χ1) is 9.72. The van der Waals surface area contributed by atoms with Crippen LogP contribution in [0.5, 0.6) is 0 Å². The molecule has 3 aromatic heterocycles. The van der Waals surface area contributed by atoms with E-state index in [1.165, 1.54) is 29.2 Å². The lowest BCUT2D eigenvalue weighted by atomic mass is 10.5. The van der Waals surface area contributed by atoms with Gasteiger partial charge in [-0.25, -0.2) is 0 Å². The summed E-state index contributed by atoms with van der Waals surface area (Å²) in [7, 11) is 0. The summed E-state index contributed by atoms with van der Waals surface area (Å²) in [6, 6.07) is 6.09. The smallest absolute Gasteiger partial charge is 0.400 e. The highest BCUT2D eigenvalue weighted by atomic mass is 16.6. The maximum atomic E-state index is 10.4. The van der Waals surface area contributed by atoms with E-state index in [1.54, 1.807) is 12.1 Å². The maximum absolute atomic E-state index is 10.4. The molecule has 0 aliphatic carbocycles. The number of hydrogen-bond acceptors (Lipinski definition) is 8. The van der Waals surface area contributed by atoms with Crippen molar-refractivity contribution in [3.05, 3.63) is 46.5 Å². The predicted molar refractivity (Wildman–Crippen MR) is 67.4 cm³/mol. The summed E-state index contributed by atoms with van der Waals surface area (Å²) >= 11 is 0. The van der Waals surface area contributed by atoms with E-state index in [0.717, 1.165) is 0 Å². The van der Waals surface area contributed by atoms with E-state index in [-0.39, 0.29) is 11.6 Å². The number of hydrazone groups is 1. The molecule has 0 saturated carbocycles. The number of nitrogens with one attached hydrogen (secondary N) is 1. The number of nitrogens with zero attached hydrogens (tertiary/aromatic N) is 6. The molecule has 0 radical (unpaired) electrons. The van der Waals surface area contributed by atoms with Crippen LogP contribution in [-0.2, 0) is 0 Å². The highest BCUT2D eigenvalue weighted by molar-refractivity contribution is 5.76. The lowest BCUT2D eigenvalue weighted by Gasteiger charge is -1.98. The van der Waals surface area contributed by atoms with E-state index in [0.29, 0.717) is 11.5 Å². The minimum atomic E-state index is -0.619. The molecule has 0 atom stereocenters. The first-order valence-electron chi connectivity index (χ1n) is 5.43. The lowest BCUT2D eigenvalue weighted by Crippen LogP contribution is -1.97.